The van der Waals surface area contributed by atoms with Crippen molar-refractivity contribution < 1.29 is 24.0 Å². The Hall–Kier alpha value is -5.25. The molecule has 0 aromatic heterocycles. The topological polar surface area (TPSA) is 137 Å². The van der Waals surface area contributed by atoms with Crippen LogP contribution in [-0.2, 0) is 22.7 Å². The summed E-state index contributed by atoms with van der Waals surface area (Å²) in [6.45, 7) is 8.13. The molecule has 6 heterocycles. The summed E-state index contributed by atoms with van der Waals surface area (Å²) in [5.41, 5.74) is 6.60. The Labute approximate surface area is 336 Å². The van der Waals surface area contributed by atoms with E-state index in [4.69, 9.17) is 11.6 Å². The maximum absolute atomic E-state index is 13.5. The van der Waals surface area contributed by atoms with Crippen molar-refractivity contribution in [1.82, 2.24) is 20.0 Å². The predicted molar refractivity (Wildman–Crippen MR) is 212 cm³/mol. The second-order valence-electron chi connectivity index (χ2n) is 17.7. The van der Waals surface area contributed by atoms with E-state index in [1.807, 2.05) is 47.4 Å². The molecule has 7 aliphatic rings. The van der Waals surface area contributed by atoms with Crippen molar-refractivity contribution in [2.24, 2.45) is 10.8 Å². The van der Waals surface area contributed by atoms with Crippen molar-refractivity contribution >= 4 is 52.5 Å². The van der Waals surface area contributed by atoms with Gasteiger partial charge in [-0.1, -0.05) is 11.6 Å². The molecule has 1 saturated carbocycles. The van der Waals surface area contributed by atoms with E-state index in [2.05, 4.69) is 45.1 Å². The largest absolute Gasteiger partial charge is 0.371 e. The maximum Gasteiger partial charge on any atom is 0.262 e. The molecule has 3 aromatic carbocycles. The van der Waals surface area contributed by atoms with Crippen LogP contribution in [0.4, 0.5) is 11.4 Å². The molecule has 5 fully saturated rings. The van der Waals surface area contributed by atoms with Crippen LogP contribution in [-0.4, -0.2) is 95.1 Å². The predicted octanol–water partition coefficient (Wildman–Crippen LogP) is 5.12. The van der Waals surface area contributed by atoms with Gasteiger partial charge in [-0.05, 0) is 117 Å². The SMILES string of the molecule is C[C@H]1CC2(CCN(c3ccc(C(=O)N4CC5(CC(N6Cc7cc8c(cc7C6)C(=O)N(C6CCC(=O)NC6=O)C8=O)C5)C4)cc3)CC2)CN1c1ccc(C#N)c(Cl)c1. The van der Waals surface area contributed by atoms with Gasteiger partial charge >= 0.3 is 0 Å². The number of carbonyl (C=O) groups is 5. The number of nitrogens with one attached hydrogen (secondary N) is 1. The molecular formula is C44H44ClN7O5. The molecule has 13 heteroatoms. The molecule has 57 heavy (non-hydrogen) atoms. The monoisotopic (exact) mass is 785 g/mol. The van der Waals surface area contributed by atoms with E-state index in [1.54, 1.807) is 0 Å². The number of hydrogen-bond donors (Lipinski definition) is 1. The number of halogens is 1. The van der Waals surface area contributed by atoms with Crippen LogP contribution < -0.4 is 15.1 Å². The van der Waals surface area contributed by atoms with Gasteiger partial charge in [0.2, 0.25) is 11.8 Å². The van der Waals surface area contributed by atoms with Crippen LogP contribution in [0.5, 0.6) is 0 Å². The average Bonchev–Trinajstić information content (AvgIpc) is 3.80. The van der Waals surface area contributed by atoms with Crippen molar-refractivity contribution in [1.29, 1.82) is 5.26 Å². The standard InChI is InChI=1S/C44H44ClN7O5/c1-26-17-43(25-51(26)32-7-4-28(20-46)36(45)16-32)10-12-48(13-11-43)31-5-2-27(3-6-31)40(55)50-23-44(24-50)18-33(19-44)49-21-29-14-34-35(15-30(29)22-49)42(57)52(41(34)56)37-8-9-38(53)47-39(37)54/h2-7,14-16,26,33,37H,8-13,17-19,21-25H2,1H3,(H,47,53,54)/t26-,37?/m0/s1. The lowest BCUT2D eigenvalue weighted by Crippen LogP contribution is -2.67. The van der Waals surface area contributed by atoms with Crippen molar-refractivity contribution in [3.05, 3.63) is 93.0 Å². The third-order valence-corrected chi connectivity index (χ3v) is 14.5. The first-order chi connectivity index (χ1) is 27.4. The minimum Gasteiger partial charge on any atom is -0.371 e. The van der Waals surface area contributed by atoms with Gasteiger partial charge in [0.15, 0.2) is 0 Å². The molecule has 1 unspecified atom stereocenters. The minimum absolute atomic E-state index is 0.0833. The van der Waals surface area contributed by atoms with Crippen LogP contribution in [0.3, 0.4) is 0 Å². The summed E-state index contributed by atoms with van der Waals surface area (Å²) in [4.78, 5) is 74.5. The van der Waals surface area contributed by atoms with Gasteiger partial charge in [-0.2, -0.15) is 5.26 Å². The van der Waals surface area contributed by atoms with Crippen LogP contribution in [0, 0.1) is 22.2 Å². The minimum atomic E-state index is -0.965. The summed E-state index contributed by atoms with van der Waals surface area (Å²) >= 11 is 6.37. The Morgan fingerprint density at radius 1 is 0.842 bits per heavy atom. The summed E-state index contributed by atoms with van der Waals surface area (Å²) in [5, 5.41) is 12.0. The Balaban J connectivity index is 0.700. The van der Waals surface area contributed by atoms with Gasteiger partial charge in [0.05, 0.1) is 21.7 Å². The number of likely N-dealkylation sites (tertiary alicyclic amines) is 1. The van der Waals surface area contributed by atoms with Crippen molar-refractivity contribution in [3.8, 4) is 6.07 Å². The van der Waals surface area contributed by atoms with E-state index in [1.165, 1.54) is 0 Å². The van der Waals surface area contributed by atoms with E-state index in [0.717, 1.165) is 97.8 Å². The van der Waals surface area contributed by atoms with Crippen molar-refractivity contribution in [2.45, 2.75) is 83.1 Å². The number of nitriles is 1. The third kappa shape index (κ3) is 5.92. The highest BCUT2D eigenvalue weighted by molar-refractivity contribution is 6.32. The van der Waals surface area contributed by atoms with E-state index in [9.17, 15) is 29.2 Å². The van der Waals surface area contributed by atoms with Gasteiger partial charge in [-0.15, -0.1) is 0 Å². The van der Waals surface area contributed by atoms with Crippen LogP contribution in [0.2, 0.25) is 5.02 Å². The fourth-order valence-corrected chi connectivity index (χ4v) is 11.3. The molecule has 5 amide bonds. The van der Waals surface area contributed by atoms with Gasteiger partial charge in [-0.25, -0.2) is 0 Å². The highest BCUT2D eigenvalue weighted by Gasteiger charge is 2.56. The first-order valence-corrected chi connectivity index (χ1v) is 20.5. The average molecular weight is 786 g/mol. The number of amides is 5. The Bertz CT molecular complexity index is 2250. The number of imide groups is 2. The molecule has 4 saturated heterocycles. The fraction of sp³-hybridized carbons (Fsp3) is 0.455. The Morgan fingerprint density at radius 3 is 2.11 bits per heavy atom. The van der Waals surface area contributed by atoms with Crippen LogP contribution in [0.15, 0.2) is 54.6 Å². The second kappa shape index (κ2) is 13.1. The molecule has 2 atom stereocenters. The number of hydrogen-bond acceptors (Lipinski definition) is 9. The highest BCUT2D eigenvalue weighted by Crippen LogP contribution is 2.52. The molecule has 1 N–H and O–H groups in total. The summed E-state index contributed by atoms with van der Waals surface area (Å²) in [6, 6.07) is 19.5. The van der Waals surface area contributed by atoms with Crippen molar-refractivity contribution in [2.75, 3.05) is 42.5 Å². The smallest absolute Gasteiger partial charge is 0.262 e. The zero-order valence-electron chi connectivity index (χ0n) is 31.9. The first-order valence-electron chi connectivity index (χ1n) is 20.1. The molecule has 2 spiro atoms. The molecular weight excluding hydrogens is 742 g/mol. The summed E-state index contributed by atoms with van der Waals surface area (Å²) in [6.07, 6.45) is 5.60. The van der Waals surface area contributed by atoms with Gasteiger partial charge in [0.25, 0.3) is 17.7 Å². The Kier molecular flexibility index (Phi) is 8.33. The number of rotatable bonds is 5. The van der Waals surface area contributed by atoms with Crippen LogP contribution >= 0.6 is 11.6 Å². The summed E-state index contributed by atoms with van der Waals surface area (Å²) in [7, 11) is 0. The lowest BCUT2D eigenvalue weighted by Gasteiger charge is -2.60. The highest BCUT2D eigenvalue weighted by atomic mass is 35.5. The van der Waals surface area contributed by atoms with Crippen LogP contribution in [0.25, 0.3) is 0 Å². The lowest BCUT2D eigenvalue weighted by atomic mass is 9.60. The zero-order valence-corrected chi connectivity index (χ0v) is 32.7. The number of anilines is 2. The van der Waals surface area contributed by atoms with Gasteiger partial charge in [0, 0.05) is 86.7 Å². The summed E-state index contributed by atoms with van der Waals surface area (Å²) < 4.78 is 0. The van der Waals surface area contributed by atoms with Crippen LogP contribution in [0.1, 0.15) is 99.6 Å². The summed E-state index contributed by atoms with van der Waals surface area (Å²) in [5.74, 6) is -1.85. The van der Waals surface area contributed by atoms with E-state index in [-0.39, 0.29) is 35.5 Å². The third-order valence-electron chi connectivity index (χ3n) is 14.2. The molecule has 10 rings (SSSR count). The number of fused-ring (bicyclic) bond motifs is 2. The van der Waals surface area contributed by atoms with E-state index < -0.39 is 23.8 Å². The van der Waals surface area contributed by atoms with Gasteiger partial charge in [-0.3, -0.25) is 39.1 Å². The van der Waals surface area contributed by atoms with E-state index in [0.29, 0.717) is 46.9 Å². The lowest BCUT2D eigenvalue weighted by molar-refractivity contribution is -0.136. The molecule has 292 valence electrons. The van der Waals surface area contributed by atoms with Gasteiger partial charge < -0.3 is 14.7 Å². The first kappa shape index (κ1) is 36.1. The Morgan fingerprint density at radius 2 is 1.49 bits per heavy atom. The molecule has 0 radical (unpaired) electrons. The van der Waals surface area contributed by atoms with Crippen molar-refractivity contribution in [3.63, 3.8) is 0 Å². The molecule has 12 nitrogen and oxygen atoms in total. The molecule has 3 aromatic rings. The quantitative estimate of drug-likeness (QED) is 0.350. The number of piperidine rings is 2. The zero-order chi connectivity index (χ0) is 39.4. The fourth-order valence-electron chi connectivity index (χ4n) is 11.1. The second-order valence-corrected chi connectivity index (χ2v) is 18.1. The molecule has 0 bridgehead atoms. The number of benzene rings is 3. The molecule has 6 aliphatic heterocycles. The molecule has 1 aliphatic carbocycles. The van der Waals surface area contributed by atoms with Gasteiger partial charge in [0.1, 0.15) is 12.1 Å². The number of nitrogens with zero attached hydrogens (tertiary/aromatic N) is 6. The van der Waals surface area contributed by atoms with E-state index >= 15 is 0 Å². The number of carbonyl (C=O) groups excluding carboxylic acids is 5. The maximum atomic E-state index is 13.5. The normalized spacial score (nSPS) is 25.1.